The third kappa shape index (κ3) is 3.44. The van der Waals surface area contributed by atoms with Gasteiger partial charge in [0.15, 0.2) is 0 Å². The lowest BCUT2D eigenvalue weighted by Crippen LogP contribution is -1.96. The van der Waals surface area contributed by atoms with Crippen LogP contribution < -0.4 is 4.74 Å². The number of halogens is 2. The van der Waals surface area contributed by atoms with E-state index in [1.54, 1.807) is 19.1 Å². The molecule has 1 N–H and O–H groups in total. The average Bonchev–Trinajstić information content (AvgIpc) is 2.40. The predicted octanol–water partition coefficient (Wildman–Crippen LogP) is 4.75. The Bertz CT molecular complexity index is 689. The molecule has 0 saturated heterocycles. The molecule has 7 heteroatoms. The van der Waals surface area contributed by atoms with Gasteiger partial charge in [-0.25, -0.2) is 0 Å². The molecule has 0 fully saturated rings. The Morgan fingerprint density at radius 1 is 1.24 bits per heavy atom. The fourth-order valence-corrected chi connectivity index (χ4v) is 2.31. The number of benzene rings is 2. The van der Waals surface area contributed by atoms with Crippen LogP contribution in [0.1, 0.15) is 18.6 Å². The third-order valence-corrected chi connectivity index (χ3v) is 3.41. The van der Waals surface area contributed by atoms with E-state index >= 15 is 0 Å². The minimum Gasteiger partial charge on any atom is -0.448 e. The van der Waals surface area contributed by atoms with Gasteiger partial charge in [0, 0.05) is 6.07 Å². The number of nitro benzene ring substituents is 1. The summed E-state index contributed by atoms with van der Waals surface area (Å²) in [6.07, 6.45) is -0.721. The predicted molar refractivity (Wildman–Crippen MR) is 80.3 cm³/mol. The zero-order valence-electron chi connectivity index (χ0n) is 10.9. The smallest absolute Gasteiger partial charge is 0.313 e. The second-order valence-corrected chi connectivity index (χ2v) is 5.12. The molecule has 0 bridgehead atoms. The molecule has 0 aromatic heterocycles. The molecule has 110 valence electrons. The number of aliphatic hydroxyl groups is 1. The summed E-state index contributed by atoms with van der Waals surface area (Å²) < 4.78 is 5.48. The van der Waals surface area contributed by atoms with Crippen molar-refractivity contribution in [3.63, 3.8) is 0 Å². The largest absolute Gasteiger partial charge is 0.448 e. The number of nitrogens with zero attached hydrogens (tertiary/aromatic N) is 1. The van der Waals surface area contributed by atoms with Gasteiger partial charge < -0.3 is 9.84 Å². The molecule has 0 aliphatic rings. The van der Waals surface area contributed by atoms with E-state index < -0.39 is 11.0 Å². The highest BCUT2D eigenvalue weighted by atomic mass is 35.5. The van der Waals surface area contributed by atoms with E-state index in [2.05, 4.69) is 0 Å². The van der Waals surface area contributed by atoms with Crippen molar-refractivity contribution in [2.45, 2.75) is 13.0 Å². The van der Waals surface area contributed by atoms with Crippen LogP contribution in [0.15, 0.2) is 36.4 Å². The van der Waals surface area contributed by atoms with Gasteiger partial charge in [-0.15, -0.1) is 0 Å². The van der Waals surface area contributed by atoms with Crippen molar-refractivity contribution in [1.29, 1.82) is 0 Å². The minimum absolute atomic E-state index is 0.0509. The van der Waals surface area contributed by atoms with Crippen molar-refractivity contribution in [3.8, 4) is 11.5 Å². The summed E-state index contributed by atoms with van der Waals surface area (Å²) in [7, 11) is 0. The summed E-state index contributed by atoms with van der Waals surface area (Å²) >= 11 is 12.0. The topological polar surface area (TPSA) is 72.6 Å². The Kier molecular flexibility index (Phi) is 4.67. The lowest BCUT2D eigenvalue weighted by Gasteiger charge is -2.11. The fraction of sp³-hybridized carbons (Fsp3) is 0.143. The summed E-state index contributed by atoms with van der Waals surface area (Å²) in [5.74, 6) is 0.241. The molecule has 0 radical (unpaired) electrons. The van der Waals surface area contributed by atoms with Gasteiger partial charge in [0.25, 0.3) is 0 Å². The number of hydrogen-bond acceptors (Lipinski definition) is 4. The van der Waals surface area contributed by atoms with Crippen LogP contribution in [0.2, 0.25) is 10.0 Å². The maximum absolute atomic E-state index is 11.0. The molecular formula is C14H11Cl2NO4. The van der Waals surface area contributed by atoms with Crippen LogP contribution >= 0.6 is 23.2 Å². The van der Waals surface area contributed by atoms with Crippen LogP contribution in [0.25, 0.3) is 0 Å². The molecule has 2 aromatic carbocycles. The van der Waals surface area contributed by atoms with E-state index in [0.717, 1.165) is 0 Å². The number of rotatable bonds is 4. The maximum Gasteiger partial charge on any atom is 0.313 e. The van der Waals surface area contributed by atoms with Crippen LogP contribution in [0, 0.1) is 10.1 Å². The highest BCUT2D eigenvalue weighted by molar-refractivity contribution is 6.32. The van der Waals surface area contributed by atoms with Crippen LogP contribution in [-0.4, -0.2) is 10.0 Å². The Morgan fingerprint density at radius 3 is 2.52 bits per heavy atom. The van der Waals surface area contributed by atoms with E-state index in [1.807, 2.05) is 0 Å². The first-order valence-electron chi connectivity index (χ1n) is 5.98. The molecular weight excluding hydrogens is 317 g/mol. The Balaban J connectivity index is 2.39. The molecule has 0 spiro atoms. The molecule has 0 aliphatic heterocycles. The van der Waals surface area contributed by atoms with E-state index in [1.165, 1.54) is 24.3 Å². The van der Waals surface area contributed by atoms with E-state index in [9.17, 15) is 15.2 Å². The lowest BCUT2D eigenvalue weighted by atomic mass is 10.1. The van der Waals surface area contributed by atoms with Gasteiger partial charge in [0.1, 0.15) is 5.75 Å². The van der Waals surface area contributed by atoms with Gasteiger partial charge in [-0.3, -0.25) is 10.1 Å². The summed E-state index contributed by atoms with van der Waals surface area (Å²) in [6, 6.07) is 8.88. The number of ether oxygens (including phenoxy) is 1. The van der Waals surface area contributed by atoms with Gasteiger partial charge in [-0.05, 0) is 30.7 Å². The summed E-state index contributed by atoms with van der Waals surface area (Å²) in [4.78, 5) is 10.4. The molecule has 0 heterocycles. The van der Waals surface area contributed by atoms with Gasteiger partial charge in [0.05, 0.1) is 21.1 Å². The number of nitro groups is 1. The highest BCUT2D eigenvalue weighted by Crippen LogP contribution is 2.39. The van der Waals surface area contributed by atoms with Crippen molar-refractivity contribution in [2.75, 3.05) is 0 Å². The quantitative estimate of drug-likeness (QED) is 0.649. The zero-order valence-corrected chi connectivity index (χ0v) is 12.4. The van der Waals surface area contributed by atoms with E-state index in [-0.39, 0.29) is 16.5 Å². The second-order valence-electron chi connectivity index (χ2n) is 4.31. The highest BCUT2D eigenvalue weighted by Gasteiger charge is 2.19. The van der Waals surface area contributed by atoms with Crippen LogP contribution in [-0.2, 0) is 0 Å². The van der Waals surface area contributed by atoms with Gasteiger partial charge in [-0.1, -0.05) is 35.3 Å². The van der Waals surface area contributed by atoms with E-state index in [0.29, 0.717) is 16.3 Å². The minimum atomic E-state index is -0.721. The van der Waals surface area contributed by atoms with Gasteiger partial charge in [-0.2, -0.15) is 0 Å². The average molecular weight is 328 g/mol. The van der Waals surface area contributed by atoms with Crippen LogP contribution in [0.4, 0.5) is 5.69 Å². The molecule has 2 aromatic rings. The second kappa shape index (κ2) is 6.30. The number of aliphatic hydroxyl groups excluding tert-OH is 1. The Hall–Kier alpha value is -1.82. The maximum atomic E-state index is 11.0. The van der Waals surface area contributed by atoms with Crippen molar-refractivity contribution in [1.82, 2.24) is 0 Å². The molecule has 1 unspecified atom stereocenters. The van der Waals surface area contributed by atoms with Gasteiger partial charge >= 0.3 is 5.69 Å². The van der Waals surface area contributed by atoms with Crippen LogP contribution in [0.3, 0.4) is 0 Å². The number of hydrogen-bond donors (Lipinski definition) is 1. The molecule has 5 nitrogen and oxygen atoms in total. The molecule has 21 heavy (non-hydrogen) atoms. The summed E-state index contributed by atoms with van der Waals surface area (Å²) in [6.45, 7) is 1.58. The summed E-state index contributed by atoms with van der Waals surface area (Å²) in [5.41, 5.74) is 0.302. The third-order valence-electron chi connectivity index (χ3n) is 2.78. The summed E-state index contributed by atoms with van der Waals surface area (Å²) in [5, 5.41) is 20.9. The fourth-order valence-electron chi connectivity index (χ4n) is 1.77. The SMILES string of the molecule is CC(O)c1ccc(Oc2c(Cl)cccc2[N+](=O)[O-])cc1Cl. The molecule has 2 rings (SSSR count). The first-order chi connectivity index (χ1) is 9.90. The van der Waals surface area contributed by atoms with Gasteiger partial charge in [0.2, 0.25) is 5.75 Å². The standard InChI is InChI=1S/C14H11Cl2NO4/c1-8(18)10-6-5-9(7-12(10)16)21-14-11(15)3-2-4-13(14)17(19)20/h2-8,18H,1H3. The van der Waals surface area contributed by atoms with Crippen molar-refractivity contribution >= 4 is 28.9 Å². The monoisotopic (exact) mass is 327 g/mol. The normalized spacial score (nSPS) is 12.0. The van der Waals surface area contributed by atoms with Crippen molar-refractivity contribution in [2.24, 2.45) is 0 Å². The molecule has 0 saturated carbocycles. The first-order valence-corrected chi connectivity index (χ1v) is 6.74. The van der Waals surface area contributed by atoms with Crippen LogP contribution in [0.5, 0.6) is 11.5 Å². The van der Waals surface area contributed by atoms with E-state index in [4.69, 9.17) is 27.9 Å². The Morgan fingerprint density at radius 2 is 1.95 bits per heavy atom. The lowest BCUT2D eigenvalue weighted by molar-refractivity contribution is -0.385. The molecule has 0 amide bonds. The first kappa shape index (κ1) is 15.6. The Labute approximate surface area is 130 Å². The zero-order chi connectivity index (χ0) is 15.6. The van der Waals surface area contributed by atoms with Crippen molar-refractivity contribution in [3.05, 3.63) is 62.1 Å². The number of para-hydroxylation sites is 1. The van der Waals surface area contributed by atoms with Crippen molar-refractivity contribution < 1.29 is 14.8 Å². The molecule has 1 atom stereocenters. The molecule has 0 aliphatic carbocycles.